The fraction of sp³-hybridized carbons (Fsp3) is 0.111. The lowest BCUT2D eigenvalue weighted by Gasteiger charge is -2.07. The first kappa shape index (κ1) is 17.2. The Kier molecular flexibility index (Phi) is 4.93. The van der Waals surface area contributed by atoms with E-state index in [2.05, 4.69) is 15.5 Å². The van der Waals surface area contributed by atoms with Crippen molar-refractivity contribution in [3.63, 3.8) is 0 Å². The van der Waals surface area contributed by atoms with Gasteiger partial charge in [-0.1, -0.05) is 11.2 Å². The monoisotopic (exact) mass is 352 g/mol. The van der Waals surface area contributed by atoms with Gasteiger partial charge in [-0.15, -0.1) is 0 Å². The van der Waals surface area contributed by atoms with Crippen molar-refractivity contribution in [1.29, 1.82) is 0 Å². The van der Waals surface area contributed by atoms with Crippen LogP contribution in [0.25, 0.3) is 11.3 Å². The molecule has 2 heterocycles. The summed E-state index contributed by atoms with van der Waals surface area (Å²) in [6.45, 7) is 1.99. The molecule has 3 rings (SSSR count). The summed E-state index contributed by atoms with van der Waals surface area (Å²) in [6, 6.07) is 9.86. The molecule has 0 aliphatic heterocycles. The molecule has 26 heavy (non-hydrogen) atoms. The van der Waals surface area contributed by atoms with Crippen molar-refractivity contribution < 1.29 is 18.8 Å². The Bertz CT molecular complexity index is 937. The van der Waals surface area contributed by atoms with Gasteiger partial charge in [-0.25, -0.2) is 4.79 Å². The molecular weight excluding hydrogens is 336 g/mol. The zero-order valence-corrected chi connectivity index (χ0v) is 13.9. The van der Waals surface area contributed by atoms with Crippen molar-refractivity contribution in [3.8, 4) is 11.3 Å². The molecular formula is C18H16N4O4. The lowest BCUT2D eigenvalue weighted by Crippen LogP contribution is -2.14. The molecule has 0 unspecified atom stereocenters. The molecule has 0 spiro atoms. The Morgan fingerprint density at radius 3 is 2.85 bits per heavy atom. The summed E-state index contributed by atoms with van der Waals surface area (Å²) in [5.41, 5.74) is 7.49. The molecule has 0 bridgehead atoms. The number of amides is 1. The zero-order valence-electron chi connectivity index (χ0n) is 13.9. The maximum Gasteiger partial charge on any atom is 0.338 e. The van der Waals surface area contributed by atoms with Crippen LogP contribution in [0, 0.1) is 0 Å². The van der Waals surface area contributed by atoms with Crippen LogP contribution in [0.15, 0.2) is 53.3 Å². The van der Waals surface area contributed by atoms with E-state index in [9.17, 15) is 9.59 Å². The minimum absolute atomic E-state index is 0.0968. The standard InChI is InChI=1S/C18H16N4O4/c1-2-25-18(24)11-5-3-7-13(9-11)21-17(23)14-15(22-26-16(14)19)12-6-4-8-20-10-12/h3-10H,2,19H2,1H3,(H,21,23). The number of hydrogen-bond acceptors (Lipinski definition) is 7. The molecule has 3 aromatic rings. The topological polar surface area (TPSA) is 120 Å². The molecule has 0 aliphatic rings. The second-order valence-corrected chi connectivity index (χ2v) is 5.27. The van der Waals surface area contributed by atoms with E-state index < -0.39 is 11.9 Å². The maximum atomic E-state index is 12.7. The van der Waals surface area contributed by atoms with Gasteiger partial charge in [-0.3, -0.25) is 9.78 Å². The van der Waals surface area contributed by atoms with E-state index in [1.807, 2.05) is 0 Å². The molecule has 0 saturated carbocycles. The van der Waals surface area contributed by atoms with E-state index in [1.165, 1.54) is 6.07 Å². The quantitative estimate of drug-likeness (QED) is 0.677. The highest BCUT2D eigenvalue weighted by atomic mass is 16.5. The normalized spacial score (nSPS) is 10.3. The first-order valence-corrected chi connectivity index (χ1v) is 7.84. The van der Waals surface area contributed by atoms with Gasteiger partial charge < -0.3 is 20.3 Å². The fourth-order valence-corrected chi connectivity index (χ4v) is 2.35. The van der Waals surface area contributed by atoms with E-state index in [0.717, 1.165) is 0 Å². The smallest absolute Gasteiger partial charge is 0.338 e. The van der Waals surface area contributed by atoms with Gasteiger partial charge in [0.1, 0.15) is 11.3 Å². The van der Waals surface area contributed by atoms with E-state index in [0.29, 0.717) is 16.8 Å². The first-order valence-electron chi connectivity index (χ1n) is 7.84. The van der Waals surface area contributed by atoms with Crippen LogP contribution in [0.5, 0.6) is 0 Å². The summed E-state index contributed by atoms with van der Waals surface area (Å²) in [7, 11) is 0. The molecule has 0 atom stereocenters. The maximum absolute atomic E-state index is 12.7. The number of nitrogens with one attached hydrogen (secondary N) is 1. The molecule has 8 heteroatoms. The van der Waals surface area contributed by atoms with Crippen LogP contribution in [-0.4, -0.2) is 28.6 Å². The molecule has 0 radical (unpaired) electrons. The van der Waals surface area contributed by atoms with Crippen LogP contribution in [0.2, 0.25) is 0 Å². The summed E-state index contributed by atoms with van der Waals surface area (Å²) in [5, 5.41) is 6.53. The third-order valence-corrected chi connectivity index (χ3v) is 3.51. The van der Waals surface area contributed by atoms with Gasteiger partial charge in [0.25, 0.3) is 5.91 Å². The Labute approximate surface area is 149 Å². The van der Waals surface area contributed by atoms with Crippen LogP contribution < -0.4 is 11.1 Å². The summed E-state index contributed by atoms with van der Waals surface area (Å²) < 4.78 is 9.92. The van der Waals surface area contributed by atoms with Gasteiger partial charge in [0.15, 0.2) is 0 Å². The predicted octanol–water partition coefficient (Wildman–Crippen LogP) is 2.75. The van der Waals surface area contributed by atoms with Crippen molar-refractivity contribution in [2.24, 2.45) is 0 Å². The second-order valence-electron chi connectivity index (χ2n) is 5.27. The Hall–Kier alpha value is -3.68. The van der Waals surface area contributed by atoms with Gasteiger partial charge >= 0.3 is 5.97 Å². The molecule has 1 aromatic carbocycles. The largest absolute Gasteiger partial charge is 0.462 e. The van der Waals surface area contributed by atoms with Crippen molar-refractivity contribution in [1.82, 2.24) is 10.1 Å². The Balaban J connectivity index is 1.87. The SMILES string of the molecule is CCOC(=O)c1cccc(NC(=O)c2c(-c3cccnc3)noc2N)c1. The van der Waals surface area contributed by atoms with E-state index in [-0.39, 0.29) is 23.7 Å². The van der Waals surface area contributed by atoms with Crippen LogP contribution >= 0.6 is 0 Å². The van der Waals surface area contributed by atoms with Gasteiger partial charge in [-0.05, 0) is 37.3 Å². The third kappa shape index (κ3) is 3.54. The average molecular weight is 352 g/mol. The molecule has 2 aromatic heterocycles. The molecule has 3 N–H and O–H groups in total. The van der Waals surface area contributed by atoms with Crippen molar-refractivity contribution >= 4 is 23.4 Å². The minimum Gasteiger partial charge on any atom is -0.462 e. The minimum atomic E-state index is -0.511. The summed E-state index contributed by atoms with van der Waals surface area (Å²) in [6.07, 6.45) is 3.16. The lowest BCUT2D eigenvalue weighted by molar-refractivity contribution is 0.0526. The number of rotatable bonds is 5. The second kappa shape index (κ2) is 7.47. The number of hydrogen-bond donors (Lipinski definition) is 2. The fourth-order valence-electron chi connectivity index (χ4n) is 2.35. The number of carbonyl (C=O) groups excluding carboxylic acids is 2. The van der Waals surface area contributed by atoms with Crippen molar-refractivity contribution in [2.75, 3.05) is 17.7 Å². The number of anilines is 2. The van der Waals surface area contributed by atoms with Crippen molar-refractivity contribution in [3.05, 3.63) is 59.9 Å². The molecule has 0 saturated heterocycles. The zero-order chi connectivity index (χ0) is 18.5. The molecule has 132 valence electrons. The van der Waals surface area contributed by atoms with Crippen LogP contribution in [0.4, 0.5) is 11.6 Å². The third-order valence-electron chi connectivity index (χ3n) is 3.51. The highest BCUT2D eigenvalue weighted by Crippen LogP contribution is 2.27. The highest BCUT2D eigenvalue weighted by Gasteiger charge is 2.23. The van der Waals surface area contributed by atoms with E-state index in [4.69, 9.17) is 15.0 Å². The lowest BCUT2D eigenvalue weighted by atomic mass is 10.1. The average Bonchev–Trinajstić information content (AvgIpc) is 3.04. The van der Waals surface area contributed by atoms with Gasteiger partial charge in [0.2, 0.25) is 5.88 Å². The number of nitrogens with zero attached hydrogens (tertiary/aromatic N) is 2. The number of ether oxygens (including phenoxy) is 1. The van der Waals surface area contributed by atoms with Crippen molar-refractivity contribution in [2.45, 2.75) is 6.92 Å². The number of pyridine rings is 1. The number of nitrogens with two attached hydrogens (primary N) is 1. The molecule has 8 nitrogen and oxygen atoms in total. The predicted molar refractivity (Wildman–Crippen MR) is 94.5 cm³/mol. The van der Waals surface area contributed by atoms with Crippen LogP contribution in [0.3, 0.4) is 0 Å². The van der Waals surface area contributed by atoms with Crippen LogP contribution in [-0.2, 0) is 4.74 Å². The number of nitrogen functional groups attached to an aromatic ring is 1. The molecule has 0 aliphatic carbocycles. The summed E-state index contributed by atoms with van der Waals surface area (Å²) in [5.74, 6) is -1.09. The number of carbonyl (C=O) groups is 2. The molecule has 1 amide bonds. The summed E-state index contributed by atoms with van der Waals surface area (Å²) in [4.78, 5) is 28.5. The Morgan fingerprint density at radius 1 is 1.27 bits per heavy atom. The van der Waals surface area contributed by atoms with E-state index >= 15 is 0 Å². The van der Waals surface area contributed by atoms with Crippen LogP contribution in [0.1, 0.15) is 27.6 Å². The van der Waals surface area contributed by atoms with E-state index in [1.54, 1.807) is 49.6 Å². The number of aromatic nitrogens is 2. The van der Waals surface area contributed by atoms with Gasteiger partial charge in [-0.2, -0.15) is 0 Å². The highest BCUT2D eigenvalue weighted by molar-refractivity contribution is 6.11. The Morgan fingerprint density at radius 2 is 2.12 bits per heavy atom. The molecule has 0 fully saturated rings. The number of benzene rings is 1. The summed E-state index contributed by atoms with van der Waals surface area (Å²) >= 11 is 0. The van der Waals surface area contributed by atoms with Gasteiger partial charge in [0.05, 0.1) is 12.2 Å². The number of esters is 1. The van der Waals surface area contributed by atoms with Gasteiger partial charge in [0, 0.05) is 23.6 Å². The first-order chi connectivity index (χ1) is 12.6.